The van der Waals surface area contributed by atoms with Crippen LogP contribution in [0.25, 0.3) is 11.1 Å². The van der Waals surface area contributed by atoms with Crippen LogP contribution in [0.1, 0.15) is 11.1 Å². The third-order valence-corrected chi connectivity index (χ3v) is 5.16. The number of anilines is 1. The van der Waals surface area contributed by atoms with Crippen LogP contribution in [-0.2, 0) is 13.0 Å². The Labute approximate surface area is 196 Å². The van der Waals surface area contributed by atoms with E-state index in [0.717, 1.165) is 11.1 Å². The van der Waals surface area contributed by atoms with Crippen LogP contribution in [-0.4, -0.2) is 17.6 Å². The van der Waals surface area contributed by atoms with Gasteiger partial charge >= 0.3 is 6.03 Å². The fraction of sp³-hybridized carbons (Fsp3) is 0.111. The second-order valence-electron chi connectivity index (χ2n) is 7.58. The van der Waals surface area contributed by atoms with Gasteiger partial charge in [-0.1, -0.05) is 36.4 Å². The summed E-state index contributed by atoms with van der Waals surface area (Å²) in [5, 5.41) is 5.52. The maximum atomic E-state index is 13.9. The van der Waals surface area contributed by atoms with Crippen LogP contribution in [0.4, 0.5) is 19.3 Å². The summed E-state index contributed by atoms with van der Waals surface area (Å²) in [7, 11) is 0. The molecule has 0 fully saturated rings. The highest BCUT2D eigenvalue weighted by atomic mass is 19.2. The predicted molar refractivity (Wildman–Crippen MR) is 128 cm³/mol. The number of halogens is 2. The number of pyridine rings is 1. The molecule has 0 saturated heterocycles. The van der Waals surface area contributed by atoms with Gasteiger partial charge in [-0.3, -0.25) is 4.98 Å². The van der Waals surface area contributed by atoms with E-state index < -0.39 is 11.6 Å². The molecule has 4 aromatic rings. The van der Waals surface area contributed by atoms with Gasteiger partial charge in [-0.2, -0.15) is 0 Å². The monoisotopic (exact) mass is 459 g/mol. The molecule has 0 aliphatic heterocycles. The minimum absolute atomic E-state index is 0.281. The summed E-state index contributed by atoms with van der Waals surface area (Å²) < 4.78 is 33.5. The molecule has 1 aromatic heterocycles. The molecular weight excluding hydrogens is 436 g/mol. The van der Waals surface area contributed by atoms with Gasteiger partial charge in [-0.15, -0.1) is 0 Å². The highest BCUT2D eigenvalue weighted by molar-refractivity contribution is 5.89. The van der Waals surface area contributed by atoms with Crippen molar-refractivity contribution < 1.29 is 18.3 Å². The zero-order valence-corrected chi connectivity index (χ0v) is 18.3. The molecule has 0 aliphatic rings. The fourth-order valence-electron chi connectivity index (χ4n) is 3.45. The van der Waals surface area contributed by atoms with Crippen molar-refractivity contribution in [1.29, 1.82) is 0 Å². The summed E-state index contributed by atoms with van der Waals surface area (Å²) in [4.78, 5) is 16.1. The molecule has 172 valence electrons. The van der Waals surface area contributed by atoms with E-state index in [4.69, 9.17) is 4.74 Å². The SMILES string of the molecule is O=C(NCc1cccnc1)Nc1ccc(OCCc2cc(F)c(F)cc2-c2ccccc2)cc1. The number of ether oxygens (including phenoxy) is 1. The van der Waals surface area contributed by atoms with Gasteiger partial charge < -0.3 is 15.4 Å². The Hall–Kier alpha value is -4.26. The van der Waals surface area contributed by atoms with E-state index >= 15 is 0 Å². The quantitative estimate of drug-likeness (QED) is 0.341. The average molecular weight is 459 g/mol. The zero-order valence-electron chi connectivity index (χ0n) is 18.3. The smallest absolute Gasteiger partial charge is 0.319 e. The van der Waals surface area contributed by atoms with Gasteiger partial charge in [0.25, 0.3) is 0 Å². The van der Waals surface area contributed by atoms with E-state index in [2.05, 4.69) is 15.6 Å². The van der Waals surface area contributed by atoms with Crippen LogP contribution in [0.5, 0.6) is 5.75 Å². The summed E-state index contributed by atoms with van der Waals surface area (Å²) in [5.41, 5.74) is 3.63. The van der Waals surface area contributed by atoms with Crippen LogP contribution in [0.15, 0.2) is 91.3 Å². The average Bonchev–Trinajstić information content (AvgIpc) is 2.87. The highest BCUT2D eigenvalue weighted by Gasteiger charge is 2.12. The van der Waals surface area contributed by atoms with Gasteiger partial charge in [0.15, 0.2) is 11.6 Å². The molecule has 0 radical (unpaired) electrons. The number of nitrogens with zero attached hydrogens (tertiary/aromatic N) is 1. The van der Waals surface area contributed by atoms with Gasteiger partial charge in [0.05, 0.1) is 6.61 Å². The maximum Gasteiger partial charge on any atom is 0.319 e. The lowest BCUT2D eigenvalue weighted by atomic mass is 9.97. The Kier molecular flexibility index (Phi) is 7.45. The lowest BCUT2D eigenvalue weighted by Crippen LogP contribution is -2.28. The summed E-state index contributed by atoms with van der Waals surface area (Å²) in [6.07, 6.45) is 3.76. The first-order valence-corrected chi connectivity index (χ1v) is 10.8. The van der Waals surface area contributed by atoms with Gasteiger partial charge in [0.1, 0.15) is 5.75 Å². The molecule has 0 saturated carbocycles. The minimum atomic E-state index is -0.882. The summed E-state index contributed by atoms with van der Waals surface area (Å²) in [6.45, 7) is 0.652. The molecule has 0 aliphatic carbocycles. The summed E-state index contributed by atoms with van der Waals surface area (Å²) in [5.74, 6) is -1.16. The Bertz CT molecular complexity index is 1230. The first-order chi connectivity index (χ1) is 16.6. The van der Waals surface area contributed by atoms with Crippen LogP contribution < -0.4 is 15.4 Å². The van der Waals surface area contributed by atoms with E-state index in [0.29, 0.717) is 35.5 Å². The van der Waals surface area contributed by atoms with Crippen LogP contribution in [0.2, 0.25) is 0 Å². The van der Waals surface area contributed by atoms with Gasteiger partial charge in [0.2, 0.25) is 0 Å². The minimum Gasteiger partial charge on any atom is -0.493 e. The number of hydrogen-bond donors (Lipinski definition) is 2. The molecule has 0 spiro atoms. The van der Waals surface area contributed by atoms with E-state index in [1.54, 1.807) is 36.7 Å². The van der Waals surface area contributed by atoms with Crippen LogP contribution in [0.3, 0.4) is 0 Å². The molecular formula is C27H23F2N3O2. The van der Waals surface area contributed by atoms with Gasteiger partial charge in [-0.05, 0) is 64.7 Å². The second-order valence-corrected chi connectivity index (χ2v) is 7.58. The number of carbonyl (C=O) groups is 1. The van der Waals surface area contributed by atoms with Crippen molar-refractivity contribution in [3.05, 3.63) is 114 Å². The molecule has 0 bridgehead atoms. The first kappa shape index (κ1) is 22.9. The topological polar surface area (TPSA) is 63.2 Å². The maximum absolute atomic E-state index is 13.9. The van der Waals surface area contributed by atoms with Crippen molar-refractivity contribution in [3.63, 3.8) is 0 Å². The fourth-order valence-corrected chi connectivity index (χ4v) is 3.45. The largest absolute Gasteiger partial charge is 0.493 e. The number of benzene rings is 3. The van der Waals surface area contributed by atoms with E-state index in [-0.39, 0.29) is 12.6 Å². The molecule has 0 atom stereocenters. The summed E-state index contributed by atoms with van der Waals surface area (Å²) >= 11 is 0. The van der Waals surface area contributed by atoms with Crippen molar-refractivity contribution in [2.75, 3.05) is 11.9 Å². The number of aromatic nitrogens is 1. The standard InChI is InChI=1S/C27H23F2N3O2/c28-25-15-21(24(16-26(25)29)20-6-2-1-3-7-20)12-14-34-23-10-8-22(9-11-23)32-27(33)31-18-19-5-4-13-30-17-19/h1-11,13,15-17H,12,14,18H2,(H2,31,32,33). The van der Waals surface area contributed by atoms with E-state index in [1.807, 2.05) is 42.5 Å². The van der Waals surface area contributed by atoms with Crippen LogP contribution >= 0.6 is 0 Å². The third kappa shape index (κ3) is 6.16. The van der Waals surface area contributed by atoms with Crippen molar-refractivity contribution >= 4 is 11.7 Å². The predicted octanol–water partition coefficient (Wildman–Crippen LogP) is 5.97. The number of urea groups is 1. The Morgan fingerprint density at radius 3 is 2.41 bits per heavy atom. The molecule has 4 rings (SSSR count). The Morgan fingerprint density at radius 2 is 1.68 bits per heavy atom. The van der Waals surface area contributed by atoms with Crippen molar-refractivity contribution in [3.8, 4) is 16.9 Å². The molecule has 2 N–H and O–H groups in total. The van der Waals surface area contributed by atoms with Crippen molar-refractivity contribution in [2.24, 2.45) is 0 Å². The first-order valence-electron chi connectivity index (χ1n) is 10.8. The summed E-state index contributed by atoms with van der Waals surface area (Å²) in [6, 6.07) is 22.0. The number of amides is 2. The van der Waals surface area contributed by atoms with Crippen molar-refractivity contribution in [1.82, 2.24) is 10.3 Å². The van der Waals surface area contributed by atoms with E-state index in [9.17, 15) is 13.6 Å². The molecule has 0 unspecified atom stereocenters. The van der Waals surface area contributed by atoms with E-state index in [1.165, 1.54) is 12.1 Å². The highest BCUT2D eigenvalue weighted by Crippen LogP contribution is 2.27. The number of rotatable bonds is 8. The number of carbonyl (C=O) groups excluding carboxylic acids is 1. The molecule has 1 heterocycles. The van der Waals surface area contributed by atoms with Crippen molar-refractivity contribution in [2.45, 2.75) is 13.0 Å². The Morgan fingerprint density at radius 1 is 0.912 bits per heavy atom. The van der Waals surface area contributed by atoms with Gasteiger partial charge in [0, 0.05) is 31.0 Å². The lowest BCUT2D eigenvalue weighted by molar-refractivity contribution is 0.251. The second kappa shape index (κ2) is 11.0. The molecule has 5 nitrogen and oxygen atoms in total. The normalized spacial score (nSPS) is 10.5. The molecule has 34 heavy (non-hydrogen) atoms. The van der Waals surface area contributed by atoms with Crippen LogP contribution in [0, 0.1) is 11.6 Å². The zero-order chi connectivity index (χ0) is 23.8. The number of nitrogens with one attached hydrogen (secondary N) is 2. The number of hydrogen-bond acceptors (Lipinski definition) is 3. The van der Waals surface area contributed by atoms with Gasteiger partial charge in [-0.25, -0.2) is 13.6 Å². The molecule has 2 amide bonds. The Balaban J connectivity index is 1.31. The molecule has 3 aromatic carbocycles. The lowest BCUT2D eigenvalue weighted by Gasteiger charge is -2.12. The molecule has 7 heteroatoms. The third-order valence-electron chi connectivity index (χ3n) is 5.16.